The van der Waals surface area contributed by atoms with Gasteiger partial charge < -0.3 is 4.55 Å². The van der Waals surface area contributed by atoms with E-state index in [-0.39, 0.29) is 0 Å². The molecule has 1 atom stereocenters. The molecular formula is C30H60N2O4S. The fourth-order valence-corrected chi connectivity index (χ4v) is 5.02. The average molecular weight is 545 g/mol. The third-order valence-corrected chi connectivity index (χ3v) is 7.75. The van der Waals surface area contributed by atoms with Gasteiger partial charge in [-0.2, -0.15) is 0 Å². The van der Waals surface area contributed by atoms with Gasteiger partial charge in [-0.15, -0.1) is 0 Å². The first-order chi connectivity index (χ1) is 17.8. The van der Waals surface area contributed by atoms with E-state index < -0.39 is 10.4 Å². The Morgan fingerprint density at radius 2 is 1.22 bits per heavy atom. The van der Waals surface area contributed by atoms with Crippen molar-refractivity contribution in [1.29, 1.82) is 0 Å². The third-order valence-electron chi connectivity index (χ3n) is 7.34. The summed E-state index contributed by atoms with van der Waals surface area (Å²) in [6.07, 6.45) is 32.7. The number of unbranched alkanes of at least 4 members (excludes halogenated alkanes) is 16. The van der Waals surface area contributed by atoms with E-state index in [1.54, 1.807) is 0 Å². The Labute approximate surface area is 230 Å². The van der Waals surface area contributed by atoms with Gasteiger partial charge in [-0.1, -0.05) is 109 Å². The maximum atomic E-state index is 9.22. The molecule has 0 aliphatic carbocycles. The van der Waals surface area contributed by atoms with E-state index in [9.17, 15) is 13.0 Å². The molecule has 0 aromatic rings. The summed E-state index contributed by atoms with van der Waals surface area (Å²) in [5.74, 6) is 1.49. The number of quaternary nitrogens is 1. The van der Waals surface area contributed by atoms with Crippen molar-refractivity contribution >= 4 is 16.2 Å². The van der Waals surface area contributed by atoms with Gasteiger partial charge in [-0.25, -0.2) is 13.4 Å². The zero-order valence-corrected chi connectivity index (χ0v) is 25.7. The summed E-state index contributed by atoms with van der Waals surface area (Å²) in [7, 11) is -1.21. The maximum Gasteiger partial charge on any atom is 0.217 e. The van der Waals surface area contributed by atoms with Crippen LogP contribution in [0.2, 0.25) is 0 Å². The molecule has 0 spiro atoms. The summed E-state index contributed by atoms with van der Waals surface area (Å²) >= 11 is 0. The van der Waals surface area contributed by atoms with Crippen LogP contribution in [0.4, 0.5) is 0 Å². The van der Waals surface area contributed by atoms with Crippen LogP contribution in [0.3, 0.4) is 0 Å². The number of hydrogen-bond acceptors (Lipinski definition) is 5. The van der Waals surface area contributed by atoms with Crippen LogP contribution < -0.4 is 0 Å². The smallest absolute Gasteiger partial charge is 0.217 e. The zero-order chi connectivity index (χ0) is 27.7. The quantitative estimate of drug-likeness (QED) is 0.0426. The van der Waals surface area contributed by atoms with E-state index in [0.29, 0.717) is 0 Å². The Bertz CT molecular complexity index is 679. The first-order valence-electron chi connectivity index (χ1n) is 15.3. The minimum absolute atomic E-state index is 0.808. The van der Waals surface area contributed by atoms with Crippen LogP contribution in [-0.2, 0) is 14.6 Å². The Balaban J connectivity index is 0.00000192. The van der Waals surface area contributed by atoms with Gasteiger partial charge in [0, 0.05) is 6.42 Å². The largest absolute Gasteiger partial charge is 0.726 e. The van der Waals surface area contributed by atoms with Gasteiger partial charge in [0.05, 0.1) is 27.2 Å². The van der Waals surface area contributed by atoms with Gasteiger partial charge in [-0.05, 0) is 38.5 Å². The molecule has 1 unspecified atom stereocenters. The minimum Gasteiger partial charge on any atom is -0.726 e. The number of amidine groups is 1. The Morgan fingerprint density at radius 3 is 1.65 bits per heavy atom. The molecule has 1 heterocycles. The lowest BCUT2D eigenvalue weighted by Gasteiger charge is -2.29. The molecular weight excluding hydrogens is 484 g/mol. The normalized spacial score (nSPS) is 17.7. The molecule has 1 aliphatic heterocycles. The highest BCUT2D eigenvalue weighted by Crippen LogP contribution is 2.19. The molecule has 0 aromatic heterocycles. The molecule has 6 nitrogen and oxygen atoms in total. The van der Waals surface area contributed by atoms with Crippen molar-refractivity contribution in [3.05, 3.63) is 12.2 Å². The third kappa shape index (κ3) is 22.9. The molecule has 7 heteroatoms. The Morgan fingerprint density at radius 1 is 0.784 bits per heavy atom. The van der Waals surface area contributed by atoms with Crippen LogP contribution in [0, 0.1) is 0 Å². The van der Waals surface area contributed by atoms with Crippen molar-refractivity contribution in [2.45, 2.75) is 142 Å². The molecule has 0 saturated carbocycles. The van der Waals surface area contributed by atoms with Crippen LogP contribution in [0.25, 0.3) is 0 Å². The average Bonchev–Trinajstić information content (AvgIpc) is 3.22. The van der Waals surface area contributed by atoms with E-state index >= 15 is 0 Å². The SMILES string of the molecule is CCCCCCCCC=CCCCCCCCCCCCCC1=NCC[N+]1(C)CCC.COS(=O)(=O)[O-]. The lowest BCUT2D eigenvalue weighted by molar-refractivity contribution is -0.815. The second kappa shape index (κ2) is 24.3. The monoisotopic (exact) mass is 544 g/mol. The summed E-state index contributed by atoms with van der Waals surface area (Å²) in [6, 6.07) is 0. The van der Waals surface area contributed by atoms with E-state index in [1.165, 1.54) is 147 Å². The summed E-state index contributed by atoms with van der Waals surface area (Å²) in [4.78, 5) is 4.81. The van der Waals surface area contributed by atoms with Gasteiger partial charge in [0.15, 0.2) is 5.84 Å². The van der Waals surface area contributed by atoms with E-state index in [2.05, 4.69) is 37.2 Å². The molecule has 0 amide bonds. The minimum atomic E-state index is -4.41. The fraction of sp³-hybridized carbons (Fsp3) is 0.900. The number of aliphatic imine (C=N–C) groups is 1. The van der Waals surface area contributed by atoms with Gasteiger partial charge in [0.25, 0.3) is 0 Å². The molecule has 220 valence electrons. The predicted molar refractivity (Wildman–Crippen MR) is 158 cm³/mol. The van der Waals surface area contributed by atoms with Gasteiger partial charge in [0.2, 0.25) is 10.4 Å². The van der Waals surface area contributed by atoms with Crippen molar-refractivity contribution in [3.8, 4) is 0 Å². The highest BCUT2D eigenvalue weighted by molar-refractivity contribution is 7.80. The molecule has 0 N–H and O–H groups in total. The van der Waals surface area contributed by atoms with Crippen LogP contribution in [0.15, 0.2) is 17.1 Å². The molecule has 0 aromatic carbocycles. The van der Waals surface area contributed by atoms with Crippen molar-refractivity contribution in [2.24, 2.45) is 4.99 Å². The maximum absolute atomic E-state index is 9.22. The Hall–Kier alpha value is -0.760. The first kappa shape index (κ1) is 36.2. The number of hydrogen-bond donors (Lipinski definition) is 0. The van der Waals surface area contributed by atoms with Crippen LogP contribution in [0.5, 0.6) is 0 Å². The number of likely N-dealkylation sites (N-methyl/N-ethyl adjacent to an activating group) is 1. The van der Waals surface area contributed by atoms with Crippen molar-refractivity contribution < 1.29 is 21.6 Å². The lowest BCUT2D eigenvalue weighted by atomic mass is 10.0. The second-order valence-corrected chi connectivity index (χ2v) is 12.0. The molecule has 1 aliphatic rings. The second-order valence-electron chi connectivity index (χ2n) is 10.8. The zero-order valence-electron chi connectivity index (χ0n) is 24.9. The highest BCUT2D eigenvalue weighted by atomic mass is 32.3. The number of allylic oxidation sites excluding steroid dienone is 2. The predicted octanol–water partition coefficient (Wildman–Crippen LogP) is 8.34. The van der Waals surface area contributed by atoms with E-state index in [0.717, 1.165) is 18.1 Å². The number of rotatable bonds is 23. The van der Waals surface area contributed by atoms with Gasteiger partial charge in [0.1, 0.15) is 6.54 Å². The fourth-order valence-electron chi connectivity index (χ4n) is 5.02. The summed E-state index contributed by atoms with van der Waals surface area (Å²) in [6.45, 7) is 8.16. The van der Waals surface area contributed by atoms with Crippen molar-refractivity contribution in [1.82, 2.24) is 0 Å². The van der Waals surface area contributed by atoms with E-state index in [4.69, 9.17) is 4.99 Å². The molecule has 1 rings (SSSR count). The van der Waals surface area contributed by atoms with Gasteiger partial charge >= 0.3 is 0 Å². The van der Waals surface area contributed by atoms with E-state index in [1.807, 2.05) is 0 Å². The molecule has 0 radical (unpaired) electrons. The summed E-state index contributed by atoms with van der Waals surface area (Å²) in [5, 5.41) is 0. The topological polar surface area (TPSA) is 78.8 Å². The molecule has 0 bridgehead atoms. The Kier molecular flexibility index (Phi) is 23.8. The molecule has 0 fully saturated rings. The summed E-state index contributed by atoms with van der Waals surface area (Å²) in [5.41, 5.74) is 0. The van der Waals surface area contributed by atoms with Crippen molar-refractivity contribution in [3.63, 3.8) is 0 Å². The summed E-state index contributed by atoms with van der Waals surface area (Å²) < 4.78 is 32.2. The number of nitrogens with zero attached hydrogens (tertiary/aromatic N) is 2. The molecule has 0 saturated heterocycles. The van der Waals surface area contributed by atoms with Crippen LogP contribution >= 0.6 is 0 Å². The molecule has 37 heavy (non-hydrogen) atoms. The standard InChI is InChI=1S/C29H57N2.CH4O4S/c1-4-6-7-8-9-10-11-12-13-14-15-16-17-18-19-20-21-22-23-24-25-29-30-26-28-31(29,3)27-5-2;1-5-6(2,3)4/h12-13H,4-11,14-28H2,1-3H3;1H3,(H,2,3,4)/q+1;/p-1. The van der Waals surface area contributed by atoms with Gasteiger partial charge in [-0.3, -0.25) is 8.67 Å². The van der Waals surface area contributed by atoms with Crippen molar-refractivity contribution in [2.75, 3.05) is 33.8 Å². The first-order valence-corrected chi connectivity index (χ1v) is 16.7. The van der Waals surface area contributed by atoms with Crippen LogP contribution in [0.1, 0.15) is 142 Å². The lowest BCUT2D eigenvalue weighted by Crippen LogP contribution is -2.47. The highest BCUT2D eigenvalue weighted by Gasteiger charge is 2.31. The van der Waals surface area contributed by atoms with Crippen LogP contribution in [-0.4, -0.2) is 57.1 Å².